The molecule has 0 amide bonds. The van der Waals surface area contributed by atoms with Crippen LogP contribution in [0.5, 0.6) is 11.5 Å². The van der Waals surface area contributed by atoms with Gasteiger partial charge in [-0.2, -0.15) is 0 Å². The van der Waals surface area contributed by atoms with E-state index >= 15 is 0 Å². The summed E-state index contributed by atoms with van der Waals surface area (Å²) in [4.78, 5) is 2.50. The number of anilines is 3. The summed E-state index contributed by atoms with van der Waals surface area (Å²) in [6, 6.07) is 61.8. The number of hydrogen-bond donors (Lipinski definition) is 0. The van der Waals surface area contributed by atoms with Crippen molar-refractivity contribution in [1.29, 1.82) is 0 Å². The third kappa shape index (κ3) is 6.03. The van der Waals surface area contributed by atoms with E-state index in [1.165, 1.54) is 49.5 Å². The third-order valence-electron chi connectivity index (χ3n) is 12.8. The van der Waals surface area contributed by atoms with Crippen LogP contribution in [0.2, 0.25) is 5.02 Å². The minimum atomic E-state index is -0.170. The van der Waals surface area contributed by atoms with Crippen molar-refractivity contribution >= 4 is 73.6 Å². The Kier molecular flexibility index (Phi) is 8.47. The van der Waals surface area contributed by atoms with Crippen LogP contribution in [-0.2, 0) is 10.8 Å². The van der Waals surface area contributed by atoms with Gasteiger partial charge in [0.2, 0.25) is 0 Å². The summed E-state index contributed by atoms with van der Waals surface area (Å²) in [5.41, 5.74) is 17.1. The SMILES string of the molecule is CC(C)(C)c1cc(-c2ccccc2)c(N2c3cc(Cl)ccc3B3c4ccc(-n5c6ccccc6c6ccccc65)cc4Oc4cc(C(C)(C)C)cc2c43)c(-c2ccccc2)c1. The van der Waals surface area contributed by atoms with Gasteiger partial charge in [-0.15, -0.1) is 0 Å². The number of para-hydroxylation sites is 2. The monoisotopic (exact) mass is 808 g/mol. The van der Waals surface area contributed by atoms with E-state index in [1.54, 1.807) is 0 Å². The van der Waals surface area contributed by atoms with Crippen LogP contribution in [0.15, 0.2) is 170 Å². The number of fused-ring (bicyclic) bond motifs is 7. The smallest absolute Gasteiger partial charge is 0.256 e. The Balaban J connectivity index is 1.21. The zero-order chi connectivity index (χ0) is 41.8. The largest absolute Gasteiger partial charge is 0.458 e. The highest BCUT2D eigenvalue weighted by molar-refractivity contribution is 6.99. The van der Waals surface area contributed by atoms with E-state index < -0.39 is 0 Å². The van der Waals surface area contributed by atoms with E-state index in [0.717, 1.165) is 56.3 Å². The van der Waals surface area contributed by atoms with Gasteiger partial charge in [0.05, 0.1) is 16.7 Å². The number of aromatic nitrogens is 1. The van der Waals surface area contributed by atoms with Gasteiger partial charge in [0.1, 0.15) is 11.5 Å². The lowest BCUT2D eigenvalue weighted by molar-refractivity contribution is 0.483. The average Bonchev–Trinajstić information content (AvgIpc) is 3.60. The van der Waals surface area contributed by atoms with E-state index in [9.17, 15) is 0 Å². The van der Waals surface area contributed by atoms with Gasteiger partial charge < -0.3 is 14.2 Å². The van der Waals surface area contributed by atoms with Gasteiger partial charge in [0, 0.05) is 50.1 Å². The molecule has 0 spiro atoms. The van der Waals surface area contributed by atoms with Gasteiger partial charge >= 0.3 is 0 Å². The molecule has 0 N–H and O–H groups in total. The first kappa shape index (κ1) is 37.5. The second kappa shape index (κ2) is 13.8. The Morgan fingerprint density at radius 3 is 1.62 bits per heavy atom. The zero-order valence-corrected chi connectivity index (χ0v) is 36.2. The molecule has 11 rings (SSSR count). The molecule has 0 saturated carbocycles. The van der Waals surface area contributed by atoms with Crippen molar-refractivity contribution in [2.75, 3.05) is 4.90 Å². The fourth-order valence-electron chi connectivity index (χ4n) is 9.70. The van der Waals surface area contributed by atoms with Gasteiger partial charge in [-0.25, -0.2) is 0 Å². The Labute approximate surface area is 363 Å². The number of benzene rings is 8. The maximum atomic E-state index is 7.27. The van der Waals surface area contributed by atoms with Crippen molar-refractivity contribution in [3.8, 4) is 39.4 Å². The van der Waals surface area contributed by atoms with Crippen LogP contribution in [-0.4, -0.2) is 11.3 Å². The van der Waals surface area contributed by atoms with Gasteiger partial charge in [-0.1, -0.05) is 162 Å². The maximum Gasteiger partial charge on any atom is 0.256 e. The minimum Gasteiger partial charge on any atom is -0.458 e. The molecule has 9 aromatic rings. The molecule has 0 saturated heterocycles. The molecule has 61 heavy (non-hydrogen) atoms. The molecule has 296 valence electrons. The lowest BCUT2D eigenvalue weighted by Gasteiger charge is -2.42. The van der Waals surface area contributed by atoms with Crippen LogP contribution in [0.4, 0.5) is 17.1 Å². The van der Waals surface area contributed by atoms with Crippen molar-refractivity contribution < 1.29 is 4.74 Å². The quantitative estimate of drug-likeness (QED) is 0.165. The molecule has 2 aliphatic rings. The molecule has 5 heteroatoms. The first-order valence-corrected chi connectivity index (χ1v) is 21.7. The molecule has 8 aromatic carbocycles. The molecule has 0 fully saturated rings. The topological polar surface area (TPSA) is 17.4 Å². The first-order valence-electron chi connectivity index (χ1n) is 21.3. The highest BCUT2D eigenvalue weighted by Crippen LogP contribution is 2.51. The van der Waals surface area contributed by atoms with Crippen LogP contribution < -0.4 is 26.0 Å². The molecule has 0 radical (unpaired) electrons. The fourth-order valence-corrected chi connectivity index (χ4v) is 9.87. The molecule has 0 atom stereocenters. The van der Waals surface area contributed by atoms with Crippen molar-refractivity contribution in [2.45, 2.75) is 52.4 Å². The van der Waals surface area contributed by atoms with Crippen molar-refractivity contribution in [3.05, 3.63) is 186 Å². The summed E-state index contributed by atoms with van der Waals surface area (Å²) in [5, 5.41) is 3.17. The maximum absolute atomic E-state index is 7.27. The highest BCUT2D eigenvalue weighted by atomic mass is 35.5. The minimum absolute atomic E-state index is 0.0901. The van der Waals surface area contributed by atoms with Gasteiger partial charge in [-0.3, -0.25) is 0 Å². The van der Waals surface area contributed by atoms with Gasteiger partial charge in [-0.05, 0) is 104 Å². The molecule has 0 aliphatic carbocycles. The van der Waals surface area contributed by atoms with Gasteiger partial charge in [0.15, 0.2) is 0 Å². The Morgan fingerprint density at radius 2 is 1.03 bits per heavy atom. The fraction of sp³-hybridized carbons (Fsp3) is 0.143. The highest BCUT2D eigenvalue weighted by Gasteiger charge is 2.44. The van der Waals surface area contributed by atoms with Crippen LogP contribution in [0, 0.1) is 0 Å². The van der Waals surface area contributed by atoms with E-state index in [-0.39, 0.29) is 17.5 Å². The molecule has 2 aliphatic heterocycles. The van der Waals surface area contributed by atoms with Crippen LogP contribution >= 0.6 is 11.6 Å². The summed E-state index contributed by atoms with van der Waals surface area (Å²) < 4.78 is 9.64. The number of nitrogens with zero attached hydrogens (tertiary/aromatic N) is 2. The number of ether oxygens (including phenoxy) is 1. The summed E-state index contributed by atoms with van der Waals surface area (Å²) >= 11 is 7.11. The Morgan fingerprint density at radius 1 is 0.492 bits per heavy atom. The second-order valence-corrected chi connectivity index (χ2v) is 19.2. The molecule has 3 nitrogen and oxygen atoms in total. The number of hydrogen-bond acceptors (Lipinski definition) is 2. The number of rotatable bonds is 4. The van der Waals surface area contributed by atoms with Crippen LogP contribution in [0.1, 0.15) is 52.7 Å². The molecular weight excluding hydrogens is 763 g/mol. The molecule has 0 unspecified atom stereocenters. The second-order valence-electron chi connectivity index (χ2n) is 18.7. The van der Waals surface area contributed by atoms with Crippen LogP contribution in [0.25, 0.3) is 49.7 Å². The van der Waals surface area contributed by atoms with E-state index in [0.29, 0.717) is 5.02 Å². The van der Waals surface area contributed by atoms with Gasteiger partial charge in [0.25, 0.3) is 6.71 Å². The molecule has 0 bridgehead atoms. The van der Waals surface area contributed by atoms with Crippen molar-refractivity contribution in [2.24, 2.45) is 0 Å². The van der Waals surface area contributed by atoms with Crippen molar-refractivity contribution in [1.82, 2.24) is 4.57 Å². The molecule has 1 aromatic heterocycles. The first-order chi connectivity index (χ1) is 29.4. The summed E-state index contributed by atoms with van der Waals surface area (Å²) in [5.74, 6) is 1.76. The normalized spacial score (nSPS) is 13.2. The Hall–Kier alpha value is -6.49. The summed E-state index contributed by atoms with van der Waals surface area (Å²) in [6.45, 7) is 13.7. The molecular formula is C56H46BClN2O. The zero-order valence-electron chi connectivity index (χ0n) is 35.4. The van der Waals surface area contributed by atoms with Crippen LogP contribution in [0.3, 0.4) is 0 Å². The van der Waals surface area contributed by atoms with Crippen molar-refractivity contribution in [3.63, 3.8) is 0 Å². The van der Waals surface area contributed by atoms with E-state index in [1.807, 2.05) is 6.07 Å². The van der Waals surface area contributed by atoms with E-state index in [4.69, 9.17) is 16.3 Å². The standard InChI is InChI=1S/C56H46BClN2O/c1-55(2,3)37-29-43(35-17-9-7-10-18-35)54(44(30-37)36-19-11-8-12-20-36)60-49-33-39(58)25-27-45(49)57-46-28-26-40(59-47-23-15-13-21-41(47)42-22-14-16-24-48(42)59)34-51(46)61-52-32-38(56(4,5)6)31-50(60)53(52)57/h7-34H,1-6H3. The molecule has 3 heterocycles. The lowest BCUT2D eigenvalue weighted by atomic mass is 9.34. The predicted octanol–water partition coefficient (Wildman–Crippen LogP) is 13.8. The third-order valence-corrected chi connectivity index (χ3v) is 13.0. The average molecular weight is 809 g/mol. The summed E-state index contributed by atoms with van der Waals surface area (Å²) in [7, 11) is 0. The predicted molar refractivity (Wildman–Crippen MR) is 260 cm³/mol. The summed E-state index contributed by atoms with van der Waals surface area (Å²) in [6.07, 6.45) is 0. The van der Waals surface area contributed by atoms with E-state index in [2.05, 4.69) is 215 Å². The number of halogens is 1. The lowest BCUT2D eigenvalue weighted by Crippen LogP contribution is -2.59. The Bertz CT molecular complexity index is 3100.